The summed E-state index contributed by atoms with van der Waals surface area (Å²) in [5.74, 6) is 5.72. The van der Waals surface area contributed by atoms with Crippen LogP contribution in [0.5, 0.6) is 0 Å². The molecular weight excluding hydrogens is 166 g/mol. The molecule has 0 saturated heterocycles. The van der Waals surface area contributed by atoms with Gasteiger partial charge in [0, 0.05) is 25.8 Å². The Labute approximate surface area is 77.9 Å². The van der Waals surface area contributed by atoms with Crippen LogP contribution < -0.4 is 5.32 Å². The van der Waals surface area contributed by atoms with E-state index in [0.29, 0.717) is 25.8 Å². The number of hydrogen-bond acceptors (Lipinski definition) is 2. The van der Waals surface area contributed by atoms with Crippen LogP contribution in [-0.2, 0) is 9.59 Å². The summed E-state index contributed by atoms with van der Waals surface area (Å²) in [5, 5.41) is 2.75. The molecule has 0 unspecified atom stereocenters. The third-order valence-corrected chi connectivity index (χ3v) is 2.04. The number of ketones is 1. The molecule has 0 radical (unpaired) electrons. The standard InChI is InChI=1S/C10H13NO2/c1-2-3-4-5-11-10(13)8-6-9(12)7-8/h8H,4-7H2,1H3,(H,11,13). The summed E-state index contributed by atoms with van der Waals surface area (Å²) in [7, 11) is 0. The average Bonchev–Trinajstić information content (AvgIpc) is 2.07. The van der Waals surface area contributed by atoms with E-state index in [1.807, 2.05) is 0 Å². The van der Waals surface area contributed by atoms with Crippen molar-refractivity contribution in [2.24, 2.45) is 5.92 Å². The Morgan fingerprint density at radius 1 is 1.62 bits per heavy atom. The van der Waals surface area contributed by atoms with Crippen molar-refractivity contribution in [3.05, 3.63) is 0 Å². The lowest BCUT2D eigenvalue weighted by molar-refractivity contribution is -0.137. The molecule has 0 heterocycles. The predicted molar refractivity (Wildman–Crippen MR) is 48.8 cm³/mol. The maximum absolute atomic E-state index is 11.2. The van der Waals surface area contributed by atoms with Gasteiger partial charge in [-0.2, -0.15) is 0 Å². The number of amides is 1. The minimum atomic E-state index is -0.0675. The van der Waals surface area contributed by atoms with Crippen LogP contribution in [0.15, 0.2) is 0 Å². The Hall–Kier alpha value is -1.30. The molecule has 3 nitrogen and oxygen atoms in total. The minimum Gasteiger partial charge on any atom is -0.355 e. The Morgan fingerprint density at radius 2 is 2.31 bits per heavy atom. The minimum absolute atomic E-state index is 0.00231. The monoisotopic (exact) mass is 179 g/mol. The van der Waals surface area contributed by atoms with Gasteiger partial charge in [0.2, 0.25) is 5.91 Å². The summed E-state index contributed by atoms with van der Waals surface area (Å²) in [6, 6.07) is 0. The molecule has 1 aliphatic carbocycles. The summed E-state index contributed by atoms with van der Waals surface area (Å²) < 4.78 is 0. The molecule has 0 aliphatic heterocycles. The molecule has 1 N–H and O–H groups in total. The van der Waals surface area contributed by atoms with Crippen LogP contribution in [0.4, 0.5) is 0 Å². The molecule has 0 aromatic carbocycles. The summed E-state index contributed by atoms with van der Waals surface area (Å²) in [6.07, 6.45) is 1.53. The largest absolute Gasteiger partial charge is 0.355 e. The van der Waals surface area contributed by atoms with E-state index in [4.69, 9.17) is 0 Å². The van der Waals surface area contributed by atoms with Crippen molar-refractivity contribution in [1.29, 1.82) is 0 Å². The lowest BCUT2D eigenvalue weighted by atomic mass is 9.83. The zero-order chi connectivity index (χ0) is 9.68. The van der Waals surface area contributed by atoms with Crippen molar-refractivity contribution in [3.8, 4) is 11.8 Å². The molecule has 1 fully saturated rings. The van der Waals surface area contributed by atoms with Crippen LogP contribution in [0.1, 0.15) is 26.2 Å². The first-order valence-electron chi connectivity index (χ1n) is 4.43. The van der Waals surface area contributed by atoms with Gasteiger partial charge in [0.1, 0.15) is 5.78 Å². The molecule has 1 rings (SSSR count). The van der Waals surface area contributed by atoms with E-state index >= 15 is 0 Å². The highest BCUT2D eigenvalue weighted by molar-refractivity contribution is 5.96. The second-order valence-electron chi connectivity index (χ2n) is 3.11. The van der Waals surface area contributed by atoms with Gasteiger partial charge in [-0.15, -0.1) is 11.8 Å². The lowest BCUT2D eigenvalue weighted by Gasteiger charge is -2.22. The highest BCUT2D eigenvalue weighted by Crippen LogP contribution is 2.22. The van der Waals surface area contributed by atoms with E-state index in [1.54, 1.807) is 6.92 Å². The maximum Gasteiger partial charge on any atom is 0.224 e. The summed E-state index contributed by atoms with van der Waals surface area (Å²) in [4.78, 5) is 21.8. The van der Waals surface area contributed by atoms with Crippen LogP contribution >= 0.6 is 0 Å². The maximum atomic E-state index is 11.2. The highest BCUT2D eigenvalue weighted by Gasteiger charge is 2.32. The first-order valence-corrected chi connectivity index (χ1v) is 4.43. The molecule has 0 bridgehead atoms. The summed E-state index contributed by atoms with van der Waals surface area (Å²) >= 11 is 0. The van der Waals surface area contributed by atoms with Crippen molar-refractivity contribution >= 4 is 11.7 Å². The summed E-state index contributed by atoms with van der Waals surface area (Å²) in [5.41, 5.74) is 0. The van der Waals surface area contributed by atoms with Crippen LogP contribution in [0.2, 0.25) is 0 Å². The van der Waals surface area contributed by atoms with Gasteiger partial charge in [-0.1, -0.05) is 0 Å². The van der Waals surface area contributed by atoms with Crippen molar-refractivity contribution < 1.29 is 9.59 Å². The van der Waals surface area contributed by atoms with E-state index < -0.39 is 0 Å². The third kappa shape index (κ3) is 2.90. The number of carbonyl (C=O) groups is 2. The van der Waals surface area contributed by atoms with Crippen LogP contribution in [-0.4, -0.2) is 18.2 Å². The number of hydrogen-bond donors (Lipinski definition) is 1. The highest BCUT2D eigenvalue weighted by atomic mass is 16.2. The zero-order valence-corrected chi connectivity index (χ0v) is 7.72. The molecule has 1 amide bonds. The Balaban J connectivity index is 2.10. The molecule has 1 saturated carbocycles. The van der Waals surface area contributed by atoms with Gasteiger partial charge in [-0.3, -0.25) is 9.59 Å². The zero-order valence-electron chi connectivity index (χ0n) is 7.72. The normalized spacial score (nSPS) is 15.6. The van der Waals surface area contributed by atoms with E-state index in [0.717, 1.165) is 0 Å². The molecule has 0 spiro atoms. The van der Waals surface area contributed by atoms with Crippen LogP contribution in [0.3, 0.4) is 0 Å². The van der Waals surface area contributed by atoms with Gasteiger partial charge in [0.15, 0.2) is 0 Å². The lowest BCUT2D eigenvalue weighted by Crippen LogP contribution is -2.39. The number of rotatable bonds is 3. The summed E-state index contributed by atoms with van der Waals surface area (Å²) in [6.45, 7) is 2.36. The fourth-order valence-corrected chi connectivity index (χ4v) is 1.19. The topological polar surface area (TPSA) is 46.2 Å². The molecule has 3 heteroatoms. The Kier molecular flexibility index (Phi) is 3.51. The number of nitrogens with one attached hydrogen (secondary N) is 1. The van der Waals surface area contributed by atoms with Gasteiger partial charge in [0.25, 0.3) is 0 Å². The molecule has 0 aromatic rings. The van der Waals surface area contributed by atoms with Crippen molar-refractivity contribution in [3.63, 3.8) is 0 Å². The van der Waals surface area contributed by atoms with Crippen molar-refractivity contribution in [2.75, 3.05) is 6.54 Å². The molecular formula is C10H13NO2. The van der Waals surface area contributed by atoms with Crippen molar-refractivity contribution in [2.45, 2.75) is 26.2 Å². The molecule has 1 aliphatic rings. The van der Waals surface area contributed by atoms with Gasteiger partial charge in [-0.05, 0) is 6.92 Å². The van der Waals surface area contributed by atoms with Crippen LogP contribution in [0, 0.1) is 17.8 Å². The van der Waals surface area contributed by atoms with Crippen molar-refractivity contribution in [1.82, 2.24) is 5.32 Å². The predicted octanol–water partition coefficient (Wildman–Crippen LogP) is 0.495. The van der Waals surface area contributed by atoms with E-state index in [-0.39, 0.29) is 17.6 Å². The van der Waals surface area contributed by atoms with Gasteiger partial charge in [-0.25, -0.2) is 0 Å². The molecule has 0 atom stereocenters. The second kappa shape index (κ2) is 4.66. The Bertz CT molecular complexity index is 264. The van der Waals surface area contributed by atoms with E-state index in [1.165, 1.54) is 0 Å². The quantitative estimate of drug-likeness (QED) is 0.506. The fraction of sp³-hybridized carbons (Fsp3) is 0.600. The van der Waals surface area contributed by atoms with Gasteiger partial charge < -0.3 is 5.32 Å². The second-order valence-corrected chi connectivity index (χ2v) is 3.11. The SMILES string of the molecule is CC#CCCNC(=O)C1CC(=O)C1. The smallest absolute Gasteiger partial charge is 0.224 e. The third-order valence-electron chi connectivity index (χ3n) is 2.04. The first-order chi connectivity index (χ1) is 6.24. The number of carbonyl (C=O) groups excluding carboxylic acids is 2. The van der Waals surface area contributed by atoms with Gasteiger partial charge >= 0.3 is 0 Å². The van der Waals surface area contributed by atoms with E-state index in [9.17, 15) is 9.59 Å². The molecule has 70 valence electrons. The van der Waals surface area contributed by atoms with E-state index in [2.05, 4.69) is 17.2 Å². The van der Waals surface area contributed by atoms with Crippen LogP contribution in [0.25, 0.3) is 0 Å². The molecule has 0 aromatic heterocycles. The molecule has 13 heavy (non-hydrogen) atoms. The number of Topliss-reactive ketones (excluding diaryl/α,β-unsaturated/α-hetero) is 1. The first kappa shape index (κ1) is 9.79. The Morgan fingerprint density at radius 3 is 2.85 bits per heavy atom. The fourth-order valence-electron chi connectivity index (χ4n) is 1.19. The average molecular weight is 179 g/mol. The van der Waals surface area contributed by atoms with Gasteiger partial charge in [0.05, 0.1) is 5.92 Å².